The van der Waals surface area contributed by atoms with Gasteiger partial charge in [0.1, 0.15) is 5.75 Å². The van der Waals surface area contributed by atoms with E-state index in [2.05, 4.69) is 13.8 Å². The average Bonchev–Trinajstić information content (AvgIpc) is 2.09. The Morgan fingerprint density at radius 1 is 1.13 bits per heavy atom. The number of benzene rings is 1. The summed E-state index contributed by atoms with van der Waals surface area (Å²) in [5.74, 6) is 1.40. The molecular weight excluding hydrogens is 186 g/mol. The lowest BCUT2D eigenvalue weighted by molar-refractivity contribution is 0.239. The van der Waals surface area contributed by atoms with E-state index in [1.165, 1.54) is 5.56 Å². The van der Waals surface area contributed by atoms with Crippen LogP contribution < -0.4 is 10.5 Å². The Labute approximate surface area is 92.4 Å². The van der Waals surface area contributed by atoms with Crippen molar-refractivity contribution in [3.63, 3.8) is 0 Å². The highest BCUT2D eigenvalue weighted by atomic mass is 16.5. The monoisotopic (exact) mass is 207 g/mol. The quantitative estimate of drug-likeness (QED) is 0.770. The van der Waals surface area contributed by atoms with Crippen molar-refractivity contribution < 1.29 is 4.74 Å². The van der Waals surface area contributed by atoms with Crippen LogP contribution in [-0.4, -0.2) is 6.10 Å². The van der Waals surface area contributed by atoms with Gasteiger partial charge < -0.3 is 10.5 Å². The van der Waals surface area contributed by atoms with E-state index in [0.717, 1.165) is 17.0 Å². The van der Waals surface area contributed by atoms with Gasteiger partial charge in [0.15, 0.2) is 0 Å². The van der Waals surface area contributed by atoms with E-state index in [1.54, 1.807) is 0 Å². The number of rotatable bonds is 3. The Morgan fingerprint density at radius 3 is 2.20 bits per heavy atom. The van der Waals surface area contributed by atoms with Crippen molar-refractivity contribution in [2.24, 2.45) is 0 Å². The standard InChI is InChI=1S/C13H21NO/c1-8(2)11-7-12(14)10(5)6-13(11)15-9(3)4/h6-9H,14H2,1-5H3. The smallest absolute Gasteiger partial charge is 0.123 e. The SMILES string of the molecule is Cc1cc(OC(C)C)c(C(C)C)cc1N. The van der Waals surface area contributed by atoms with Gasteiger partial charge >= 0.3 is 0 Å². The van der Waals surface area contributed by atoms with Gasteiger partial charge in [0.25, 0.3) is 0 Å². The predicted molar refractivity (Wildman–Crippen MR) is 65.4 cm³/mol. The number of nitrogens with two attached hydrogens (primary N) is 1. The lowest BCUT2D eigenvalue weighted by atomic mass is 9.99. The Balaban J connectivity index is 3.16. The molecule has 0 aliphatic carbocycles. The maximum Gasteiger partial charge on any atom is 0.123 e. The van der Waals surface area contributed by atoms with Crippen molar-refractivity contribution in [2.45, 2.75) is 46.6 Å². The first-order valence-corrected chi connectivity index (χ1v) is 5.48. The van der Waals surface area contributed by atoms with Gasteiger partial charge in [-0.1, -0.05) is 13.8 Å². The molecule has 84 valence electrons. The molecule has 0 fully saturated rings. The molecule has 0 unspecified atom stereocenters. The summed E-state index contributed by atoms with van der Waals surface area (Å²) in [5, 5.41) is 0. The minimum absolute atomic E-state index is 0.200. The average molecular weight is 207 g/mol. The van der Waals surface area contributed by atoms with Crippen LogP contribution in [0.3, 0.4) is 0 Å². The minimum atomic E-state index is 0.200. The normalized spacial score (nSPS) is 11.1. The van der Waals surface area contributed by atoms with Crippen LogP contribution in [-0.2, 0) is 0 Å². The summed E-state index contributed by atoms with van der Waals surface area (Å²) in [6, 6.07) is 4.06. The van der Waals surface area contributed by atoms with Crippen LogP contribution in [0.4, 0.5) is 5.69 Å². The third-order valence-electron chi connectivity index (χ3n) is 2.38. The molecule has 15 heavy (non-hydrogen) atoms. The Hall–Kier alpha value is -1.18. The Morgan fingerprint density at radius 2 is 1.73 bits per heavy atom. The molecule has 0 atom stereocenters. The summed E-state index contributed by atoms with van der Waals surface area (Å²) < 4.78 is 5.79. The third kappa shape index (κ3) is 2.88. The summed E-state index contributed by atoms with van der Waals surface area (Å²) in [7, 11) is 0. The highest BCUT2D eigenvalue weighted by molar-refractivity contribution is 5.55. The molecular formula is C13H21NO. The number of nitrogen functional groups attached to an aromatic ring is 1. The summed E-state index contributed by atoms with van der Waals surface area (Å²) in [4.78, 5) is 0. The van der Waals surface area contributed by atoms with Crippen LogP contribution in [0, 0.1) is 6.92 Å². The van der Waals surface area contributed by atoms with Gasteiger partial charge in [-0.15, -0.1) is 0 Å². The summed E-state index contributed by atoms with van der Waals surface area (Å²) in [5.41, 5.74) is 9.01. The van der Waals surface area contributed by atoms with Crippen LogP contribution in [0.1, 0.15) is 44.7 Å². The summed E-state index contributed by atoms with van der Waals surface area (Å²) >= 11 is 0. The van der Waals surface area contributed by atoms with Crippen molar-refractivity contribution in [1.82, 2.24) is 0 Å². The fourth-order valence-electron chi connectivity index (χ4n) is 1.52. The Kier molecular flexibility index (Phi) is 3.61. The molecule has 2 nitrogen and oxygen atoms in total. The van der Waals surface area contributed by atoms with Crippen molar-refractivity contribution >= 4 is 5.69 Å². The molecule has 0 saturated heterocycles. The van der Waals surface area contributed by atoms with E-state index in [-0.39, 0.29) is 6.10 Å². The molecule has 0 saturated carbocycles. The molecule has 0 aliphatic heterocycles. The van der Waals surface area contributed by atoms with Crippen LogP contribution in [0.25, 0.3) is 0 Å². The molecule has 0 spiro atoms. The second kappa shape index (κ2) is 4.56. The van der Waals surface area contributed by atoms with Crippen molar-refractivity contribution in [3.8, 4) is 5.75 Å². The third-order valence-corrected chi connectivity index (χ3v) is 2.38. The Bertz CT molecular complexity index is 343. The second-order valence-electron chi connectivity index (χ2n) is 4.57. The van der Waals surface area contributed by atoms with Gasteiger partial charge in [-0.3, -0.25) is 0 Å². The van der Waals surface area contributed by atoms with Crippen molar-refractivity contribution in [1.29, 1.82) is 0 Å². The number of ether oxygens (including phenoxy) is 1. The summed E-state index contributed by atoms with van der Waals surface area (Å²) in [6.45, 7) is 10.4. The fourth-order valence-corrected chi connectivity index (χ4v) is 1.52. The summed E-state index contributed by atoms with van der Waals surface area (Å²) in [6.07, 6.45) is 0.200. The van der Waals surface area contributed by atoms with Crippen LogP contribution in [0.2, 0.25) is 0 Å². The van der Waals surface area contributed by atoms with Gasteiger partial charge in [0, 0.05) is 5.69 Å². The van der Waals surface area contributed by atoms with Crippen molar-refractivity contribution in [3.05, 3.63) is 23.3 Å². The van der Waals surface area contributed by atoms with E-state index in [4.69, 9.17) is 10.5 Å². The molecule has 2 heteroatoms. The zero-order valence-electron chi connectivity index (χ0n) is 10.3. The first-order valence-electron chi connectivity index (χ1n) is 5.48. The highest BCUT2D eigenvalue weighted by Gasteiger charge is 2.11. The molecule has 0 heterocycles. The minimum Gasteiger partial charge on any atom is -0.491 e. The molecule has 0 amide bonds. The van der Waals surface area contributed by atoms with E-state index >= 15 is 0 Å². The van der Waals surface area contributed by atoms with Gasteiger partial charge in [-0.05, 0) is 49.9 Å². The maximum absolute atomic E-state index is 5.90. The number of anilines is 1. The van der Waals surface area contributed by atoms with E-state index < -0.39 is 0 Å². The first-order chi connectivity index (χ1) is 6.91. The number of hydrogen-bond donors (Lipinski definition) is 1. The lowest BCUT2D eigenvalue weighted by Crippen LogP contribution is -2.09. The second-order valence-corrected chi connectivity index (χ2v) is 4.57. The molecule has 1 rings (SSSR count). The lowest BCUT2D eigenvalue weighted by Gasteiger charge is -2.18. The zero-order valence-corrected chi connectivity index (χ0v) is 10.3. The van der Waals surface area contributed by atoms with Crippen LogP contribution >= 0.6 is 0 Å². The molecule has 0 aromatic heterocycles. The van der Waals surface area contributed by atoms with Crippen LogP contribution in [0.5, 0.6) is 5.75 Å². The van der Waals surface area contributed by atoms with Crippen molar-refractivity contribution in [2.75, 3.05) is 5.73 Å². The molecule has 2 N–H and O–H groups in total. The van der Waals surface area contributed by atoms with E-state index in [9.17, 15) is 0 Å². The molecule has 1 aromatic rings. The molecule has 0 aliphatic rings. The fraction of sp³-hybridized carbons (Fsp3) is 0.538. The van der Waals surface area contributed by atoms with E-state index in [1.807, 2.05) is 32.9 Å². The largest absolute Gasteiger partial charge is 0.491 e. The zero-order chi connectivity index (χ0) is 11.6. The predicted octanol–water partition coefficient (Wildman–Crippen LogP) is 3.49. The molecule has 1 aromatic carbocycles. The first kappa shape index (κ1) is 11.9. The van der Waals surface area contributed by atoms with E-state index in [0.29, 0.717) is 5.92 Å². The molecule has 0 radical (unpaired) electrons. The topological polar surface area (TPSA) is 35.2 Å². The van der Waals surface area contributed by atoms with Gasteiger partial charge in [0.2, 0.25) is 0 Å². The highest BCUT2D eigenvalue weighted by Crippen LogP contribution is 2.31. The maximum atomic E-state index is 5.90. The molecule has 0 bridgehead atoms. The number of hydrogen-bond acceptors (Lipinski definition) is 2. The number of aryl methyl sites for hydroxylation is 1. The van der Waals surface area contributed by atoms with Gasteiger partial charge in [-0.25, -0.2) is 0 Å². The van der Waals surface area contributed by atoms with Gasteiger partial charge in [-0.2, -0.15) is 0 Å². The van der Waals surface area contributed by atoms with Crippen LogP contribution in [0.15, 0.2) is 12.1 Å². The van der Waals surface area contributed by atoms with Gasteiger partial charge in [0.05, 0.1) is 6.10 Å².